The van der Waals surface area contributed by atoms with Gasteiger partial charge in [0, 0.05) is 19.0 Å². The lowest BCUT2D eigenvalue weighted by Crippen LogP contribution is -1.96. The monoisotopic (exact) mass is 312 g/mol. The van der Waals surface area contributed by atoms with Crippen molar-refractivity contribution in [1.82, 2.24) is 9.55 Å². The first-order valence-electron chi connectivity index (χ1n) is 5.53. The van der Waals surface area contributed by atoms with Gasteiger partial charge in [0.2, 0.25) is 0 Å². The Hall–Kier alpha value is -1.36. The van der Waals surface area contributed by atoms with E-state index in [-0.39, 0.29) is 5.82 Å². The summed E-state index contributed by atoms with van der Waals surface area (Å²) in [6.07, 6.45) is 0.531. The SMILES string of the molecule is COc1ccc(F)cc1Cc1nc(C)n(C)c1Br. The van der Waals surface area contributed by atoms with Crippen LogP contribution in [0.2, 0.25) is 0 Å². The van der Waals surface area contributed by atoms with Crippen molar-refractivity contribution in [3.63, 3.8) is 0 Å². The fourth-order valence-electron chi connectivity index (χ4n) is 1.83. The second-order valence-electron chi connectivity index (χ2n) is 4.09. The molecule has 0 aliphatic rings. The normalized spacial score (nSPS) is 10.7. The van der Waals surface area contributed by atoms with Gasteiger partial charge < -0.3 is 9.30 Å². The van der Waals surface area contributed by atoms with E-state index in [1.165, 1.54) is 12.1 Å². The zero-order valence-electron chi connectivity index (χ0n) is 10.5. The van der Waals surface area contributed by atoms with Crippen LogP contribution < -0.4 is 4.74 Å². The van der Waals surface area contributed by atoms with E-state index in [0.29, 0.717) is 12.2 Å². The quantitative estimate of drug-likeness (QED) is 0.870. The molecule has 0 radical (unpaired) electrons. The summed E-state index contributed by atoms with van der Waals surface area (Å²) in [7, 11) is 3.51. The van der Waals surface area contributed by atoms with Gasteiger partial charge in [0.1, 0.15) is 22.0 Å². The second-order valence-corrected chi connectivity index (χ2v) is 4.84. The van der Waals surface area contributed by atoms with Crippen molar-refractivity contribution in [3.05, 3.63) is 45.7 Å². The number of halogens is 2. The summed E-state index contributed by atoms with van der Waals surface area (Å²) < 4.78 is 21.4. The van der Waals surface area contributed by atoms with Gasteiger partial charge in [-0.3, -0.25) is 0 Å². The Morgan fingerprint density at radius 2 is 2.17 bits per heavy atom. The Balaban J connectivity index is 2.39. The maximum Gasteiger partial charge on any atom is 0.123 e. The summed E-state index contributed by atoms with van der Waals surface area (Å²) in [4.78, 5) is 4.45. The molecule has 0 saturated carbocycles. The lowest BCUT2D eigenvalue weighted by atomic mass is 10.1. The summed E-state index contributed by atoms with van der Waals surface area (Å²) >= 11 is 3.49. The number of aromatic nitrogens is 2. The lowest BCUT2D eigenvalue weighted by molar-refractivity contribution is 0.409. The Labute approximate surface area is 114 Å². The van der Waals surface area contributed by atoms with Crippen molar-refractivity contribution in [3.8, 4) is 5.75 Å². The van der Waals surface area contributed by atoms with Crippen LogP contribution in [0.5, 0.6) is 5.75 Å². The van der Waals surface area contributed by atoms with Crippen LogP contribution in [0.25, 0.3) is 0 Å². The Morgan fingerprint density at radius 3 is 2.72 bits per heavy atom. The van der Waals surface area contributed by atoms with Crippen LogP contribution in [-0.4, -0.2) is 16.7 Å². The highest BCUT2D eigenvalue weighted by Crippen LogP contribution is 2.26. The zero-order chi connectivity index (χ0) is 13.3. The summed E-state index contributed by atoms with van der Waals surface area (Å²) in [6, 6.07) is 4.50. The van der Waals surface area contributed by atoms with E-state index in [1.54, 1.807) is 13.2 Å². The minimum absolute atomic E-state index is 0.269. The van der Waals surface area contributed by atoms with Crippen LogP contribution >= 0.6 is 15.9 Å². The van der Waals surface area contributed by atoms with Crippen molar-refractivity contribution in [2.24, 2.45) is 7.05 Å². The molecule has 2 aromatic rings. The highest BCUT2D eigenvalue weighted by atomic mass is 79.9. The molecular weight excluding hydrogens is 299 g/mol. The van der Waals surface area contributed by atoms with E-state index in [1.807, 2.05) is 18.5 Å². The van der Waals surface area contributed by atoms with Crippen molar-refractivity contribution in [2.75, 3.05) is 7.11 Å². The first-order valence-corrected chi connectivity index (χ1v) is 6.32. The van der Waals surface area contributed by atoms with Gasteiger partial charge in [-0.05, 0) is 41.1 Å². The van der Waals surface area contributed by atoms with Gasteiger partial charge in [0.05, 0.1) is 12.8 Å². The van der Waals surface area contributed by atoms with Gasteiger partial charge >= 0.3 is 0 Å². The standard InChI is InChI=1S/C13H14BrFN2O/c1-8-16-11(13(14)17(8)2)7-9-6-10(15)4-5-12(9)18-3/h4-6H,7H2,1-3H3. The smallest absolute Gasteiger partial charge is 0.123 e. The van der Waals surface area contributed by atoms with Crippen LogP contribution in [0.4, 0.5) is 4.39 Å². The minimum Gasteiger partial charge on any atom is -0.496 e. The predicted octanol–water partition coefficient (Wildman–Crippen LogP) is 3.23. The molecule has 0 aliphatic carbocycles. The third kappa shape index (κ3) is 2.41. The number of aryl methyl sites for hydroxylation is 1. The number of imidazole rings is 1. The molecule has 0 amide bonds. The molecule has 0 N–H and O–H groups in total. The largest absolute Gasteiger partial charge is 0.496 e. The number of methoxy groups -OCH3 is 1. The molecule has 0 spiro atoms. The summed E-state index contributed by atoms with van der Waals surface area (Å²) in [5.41, 5.74) is 1.66. The fraction of sp³-hybridized carbons (Fsp3) is 0.308. The fourth-order valence-corrected chi connectivity index (χ4v) is 2.32. The summed E-state index contributed by atoms with van der Waals surface area (Å²) in [6.45, 7) is 1.93. The van der Waals surface area contributed by atoms with Crippen molar-refractivity contribution in [1.29, 1.82) is 0 Å². The third-order valence-electron chi connectivity index (χ3n) is 2.92. The van der Waals surface area contributed by atoms with E-state index in [2.05, 4.69) is 20.9 Å². The van der Waals surface area contributed by atoms with Gasteiger partial charge in [-0.2, -0.15) is 0 Å². The van der Waals surface area contributed by atoms with Gasteiger partial charge in [-0.15, -0.1) is 0 Å². The highest BCUT2D eigenvalue weighted by Gasteiger charge is 2.13. The Bertz CT molecular complexity index is 581. The van der Waals surface area contributed by atoms with Crippen LogP contribution in [-0.2, 0) is 13.5 Å². The van der Waals surface area contributed by atoms with E-state index < -0.39 is 0 Å². The third-order valence-corrected chi connectivity index (χ3v) is 3.90. The van der Waals surface area contributed by atoms with Crippen LogP contribution in [0, 0.1) is 12.7 Å². The summed E-state index contributed by atoms with van der Waals surface area (Å²) in [5.74, 6) is 1.31. The predicted molar refractivity (Wildman–Crippen MR) is 71.4 cm³/mol. The highest BCUT2D eigenvalue weighted by molar-refractivity contribution is 9.10. The van der Waals surface area contributed by atoms with E-state index in [9.17, 15) is 4.39 Å². The number of hydrogen-bond donors (Lipinski definition) is 0. The molecular formula is C13H14BrFN2O. The Morgan fingerprint density at radius 1 is 1.44 bits per heavy atom. The van der Waals surface area contributed by atoms with Crippen LogP contribution in [0.15, 0.2) is 22.8 Å². The molecule has 0 fully saturated rings. The Kier molecular flexibility index (Phi) is 3.71. The summed E-state index contributed by atoms with van der Waals surface area (Å²) in [5, 5.41) is 0. The van der Waals surface area contributed by atoms with Gasteiger partial charge in [0.15, 0.2) is 0 Å². The van der Waals surface area contributed by atoms with E-state index in [4.69, 9.17) is 4.74 Å². The molecule has 3 nitrogen and oxygen atoms in total. The molecule has 2 rings (SSSR count). The van der Waals surface area contributed by atoms with Crippen LogP contribution in [0.3, 0.4) is 0 Å². The average Bonchev–Trinajstić information content (AvgIpc) is 2.57. The molecule has 96 valence electrons. The van der Waals surface area contributed by atoms with E-state index in [0.717, 1.165) is 21.7 Å². The van der Waals surface area contributed by atoms with Crippen LogP contribution in [0.1, 0.15) is 17.1 Å². The molecule has 5 heteroatoms. The van der Waals surface area contributed by atoms with Gasteiger partial charge in [-0.25, -0.2) is 9.37 Å². The number of rotatable bonds is 3. The first kappa shape index (κ1) is 13.1. The lowest BCUT2D eigenvalue weighted by Gasteiger charge is -2.07. The molecule has 0 atom stereocenters. The zero-order valence-corrected chi connectivity index (χ0v) is 12.1. The molecule has 1 aromatic heterocycles. The second kappa shape index (κ2) is 5.10. The maximum absolute atomic E-state index is 13.3. The molecule has 0 saturated heterocycles. The molecule has 0 aliphatic heterocycles. The molecule has 18 heavy (non-hydrogen) atoms. The molecule has 1 aromatic carbocycles. The topological polar surface area (TPSA) is 27.1 Å². The van der Waals surface area contributed by atoms with E-state index >= 15 is 0 Å². The van der Waals surface area contributed by atoms with Crippen molar-refractivity contribution < 1.29 is 9.13 Å². The number of nitrogens with zero attached hydrogens (tertiary/aromatic N) is 2. The van der Waals surface area contributed by atoms with Gasteiger partial charge in [-0.1, -0.05) is 0 Å². The minimum atomic E-state index is -0.269. The molecule has 0 bridgehead atoms. The maximum atomic E-state index is 13.3. The number of benzene rings is 1. The van der Waals surface area contributed by atoms with Gasteiger partial charge in [0.25, 0.3) is 0 Å². The number of hydrogen-bond acceptors (Lipinski definition) is 2. The molecule has 0 unspecified atom stereocenters. The van der Waals surface area contributed by atoms with Crippen molar-refractivity contribution in [2.45, 2.75) is 13.3 Å². The average molecular weight is 313 g/mol. The molecule has 1 heterocycles. The first-order chi connectivity index (χ1) is 8.52. The number of ether oxygens (including phenoxy) is 1. The van der Waals surface area contributed by atoms with Crippen molar-refractivity contribution >= 4 is 15.9 Å².